The van der Waals surface area contributed by atoms with Crippen molar-refractivity contribution in [1.82, 2.24) is 15.5 Å². The molecular formula is C24H42N4O2. The van der Waals surface area contributed by atoms with E-state index >= 15 is 0 Å². The van der Waals surface area contributed by atoms with Crippen molar-refractivity contribution in [2.75, 3.05) is 46.4 Å². The van der Waals surface area contributed by atoms with Gasteiger partial charge >= 0.3 is 0 Å². The molecule has 6 nitrogen and oxygen atoms in total. The van der Waals surface area contributed by atoms with Crippen LogP contribution in [0, 0.1) is 5.92 Å². The maximum Gasteiger partial charge on any atom is 0.191 e. The predicted molar refractivity (Wildman–Crippen MR) is 126 cm³/mol. The van der Waals surface area contributed by atoms with Crippen LogP contribution in [0.3, 0.4) is 0 Å². The Hall–Kier alpha value is -1.95. The molecule has 0 aromatic heterocycles. The van der Waals surface area contributed by atoms with Gasteiger partial charge in [-0.2, -0.15) is 0 Å². The van der Waals surface area contributed by atoms with Crippen LogP contribution in [0.2, 0.25) is 0 Å². The monoisotopic (exact) mass is 418 g/mol. The molecule has 1 aliphatic rings. The Bertz CT molecular complexity index is 648. The lowest BCUT2D eigenvalue weighted by atomic mass is 9.97. The second-order valence-electron chi connectivity index (χ2n) is 8.27. The van der Waals surface area contributed by atoms with E-state index in [1.165, 1.54) is 31.5 Å². The predicted octanol–water partition coefficient (Wildman–Crippen LogP) is 3.70. The molecule has 30 heavy (non-hydrogen) atoms. The SMILES string of the molecule is CCNC(=NCC1CCCN(C(C)C)C1)NCCCc1ccc(OC)c(OCC)c1. The summed E-state index contributed by atoms with van der Waals surface area (Å²) in [7, 11) is 1.68. The van der Waals surface area contributed by atoms with Crippen molar-refractivity contribution < 1.29 is 9.47 Å². The molecule has 170 valence electrons. The van der Waals surface area contributed by atoms with Crippen molar-refractivity contribution in [2.45, 2.75) is 59.4 Å². The Morgan fingerprint density at radius 3 is 2.77 bits per heavy atom. The van der Waals surface area contributed by atoms with Gasteiger partial charge in [0.1, 0.15) is 0 Å². The second-order valence-corrected chi connectivity index (χ2v) is 8.27. The number of rotatable bonds is 11. The fraction of sp³-hybridized carbons (Fsp3) is 0.708. The molecule has 6 heteroatoms. The van der Waals surface area contributed by atoms with E-state index in [9.17, 15) is 0 Å². The molecule has 2 rings (SSSR count). The molecule has 1 aromatic carbocycles. The number of piperidine rings is 1. The van der Waals surface area contributed by atoms with Crippen LogP contribution >= 0.6 is 0 Å². The third-order valence-corrected chi connectivity index (χ3v) is 5.60. The number of aryl methyl sites for hydroxylation is 1. The quantitative estimate of drug-likeness (QED) is 0.326. The molecule has 0 spiro atoms. The van der Waals surface area contributed by atoms with Gasteiger partial charge in [-0.1, -0.05) is 6.07 Å². The summed E-state index contributed by atoms with van der Waals surface area (Å²) >= 11 is 0. The lowest BCUT2D eigenvalue weighted by Gasteiger charge is -2.34. The number of hydrogen-bond donors (Lipinski definition) is 2. The highest BCUT2D eigenvalue weighted by Crippen LogP contribution is 2.28. The summed E-state index contributed by atoms with van der Waals surface area (Å²) in [6, 6.07) is 6.82. The van der Waals surface area contributed by atoms with Gasteiger partial charge in [0, 0.05) is 32.2 Å². The second kappa shape index (κ2) is 13.4. The third kappa shape index (κ3) is 8.05. The summed E-state index contributed by atoms with van der Waals surface area (Å²) in [5.41, 5.74) is 1.26. The Balaban J connectivity index is 1.80. The van der Waals surface area contributed by atoms with Gasteiger partial charge in [0.15, 0.2) is 17.5 Å². The van der Waals surface area contributed by atoms with Gasteiger partial charge < -0.3 is 25.0 Å². The van der Waals surface area contributed by atoms with E-state index in [2.05, 4.69) is 48.4 Å². The fourth-order valence-electron chi connectivity index (χ4n) is 3.92. The van der Waals surface area contributed by atoms with Crippen LogP contribution in [-0.4, -0.2) is 63.3 Å². The van der Waals surface area contributed by atoms with E-state index in [0.29, 0.717) is 18.6 Å². The molecule has 1 aliphatic heterocycles. The highest BCUT2D eigenvalue weighted by Gasteiger charge is 2.21. The molecule has 0 saturated carbocycles. The van der Waals surface area contributed by atoms with Gasteiger partial charge in [0.25, 0.3) is 0 Å². The average Bonchev–Trinajstić information content (AvgIpc) is 2.75. The summed E-state index contributed by atoms with van der Waals surface area (Å²) in [6.07, 6.45) is 4.59. The van der Waals surface area contributed by atoms with Gasteiger partial charge in [-0.15, -0.1) is 0 Å². The molecule has 1 atom stereocenters. The summed E-state index contributed by atoms with van der Waals surface area (Å²) in [4.78, 5) is 7.45. The number of methoxy groups -OCH3 is 1. The van der Waals surface area contributed by atoms with Crippen LogP contribution in [0.5, 0.6) is 11.5 Å². The molecular weight excluding hydrogens is 376 g/mol. The summed E-state index contributed by atoms with van der Waals surface area (Å²) in [5, 5.41) is 6.88. The number of nitrogens with zero attached hydrogens (tertiary/aromatic N) is 2. The normalized spacial score (nSPS) is 17.8. The minimum Gasteiger partial charge on any atom is -0.493 e. The fourth-order valence-corrected chi connectivity index (χ4v) is 3.92. The van der Waals surface area contributed by atoms with Gasteiger partial charge in [-0.3, -0.25) is 4.99 Å². The lowest BCUT2D eigenvalue weighted by molar-refractivity contribution is 0.143. The van der Waals surface area contributed by atoms with Crippen LogP contribution in [0.4, 0.5) is 0 Å². The minimum atomic E-state index is 0.629. The molecule has 0 aliphatic carbocycles. The largest absolute Gasteiger partial charge is 0.493 e. The first-order valence-corrected chi connectivity index (χ1v) is 11.6. The molecule has 1 heterocycles. The molecule has 1 aromatic rings. The van der Waals surface area contributed by atoms with Crippen molar-refractivity contribution in [3.8, 4) is 11.5 Å². The smallest absolute Gasteiger partial charge is 0.191 e. The molecule has 2 N–H and O–H groups in total. The molecule has 1 unspecified atom stereocenters. The number of aliphatic imine (C=N–C) groups is 1. The van der Waals surface area contributed by atoms with Crippen LogP contribution in [-0.2, 0) is 6.42 Å². The number of hydrogen-bond acceptors (Lipinski definition) is 4. The molecule has 0 radical (unpaired) electrons. The number of benzene rings is 1. The van der Waals surface area contributed by atoms with Crippen LogP contribution in [0.1, 0.15) is 52.5 Å². The average molecular weight is 419 g/mol. The van der Waals surface area contributed by atoms with Crippen LogP contribution < -0.4 is 20.1 Å². The topological polar surface area (TPSA) is 58.1 Å². The molecule has 1 fully saturated rings. The Morgan fingerprint density at radius 2 is 2.07 bits per heavy atom. The maximum absolute atomic E-state index is 5.68. The van der Waals surface area contributed by atoms with Crippen molar-refractivity contribution in [3.05, 3.63) is 23.8 Å². The van der Waals surface area contributed by atoms with E-state index in [4.69, 9.17) is 14.5 Å². The Morgan fingerprint density at radius 1 is 1.23 bits per heavy atom. The van der Waals surface area contributed by atoms with Gasteiger partial charge in [-0.25, -0.2) is 0 Å². The lowest BCUT2D eigenvalue weighted by Crippen LogP contribution is -2.42. The van der Waals surface area contributed by atoms with Gasteiger partial charge in [-0.05, 0) is 83.5 Å². The van der Waals surface area contributed by atoms with E-state index in [0.717, 1.165) is 49.9 Å². The molecule has 1 saturated heterocycles. The van der Waals surface area contributed by atoms with E-state index in [1.807, 2.05) is 13.0 Å². The standard InChI is InChI=1S/C24H42N4O2/c1-6-25-24(27-17-21-11-9-15-28(18-21)19(3)4)26-14-8-10-20-12-13-22(29-5)23(16-20)30-7-2/h12-13,16,19,21H,6-11,14-15,17-18H2,1-5H3,(H2,25,26,27). The van der Waals surface area contributed by atoms with Crippen molar-refractivity contribution in [3.63, 3.8) is 0 Å². The number of nitrogens with one attached hydrogen (secondary N) is 2. The zero-order chi connectivity index (χ0) is 21.8. The van der Waals surface area contributed by atoms with Gasteiger partial charge in [0.05, 0.1) is 13.7 Å². The summed E-state index contributed by atoms with van der Waals surface area (Å²) in [5.74, 6) is 3.21. The zero-order valence-corrected chi connectivity index (χ0v) is 19.7. The number of guanidine groups is 1. The molecule has 0 amide bonds. The highest BCUT2D eigenvalue weighted by molar-refractivity contribution is 5.79. The van der Waals surface area contributed by atoms with Crippen molar-refractivity contribution >= 4 is 5.96 Å². The van der Waals surface area contributed by atoms with Crippen molar-refractivity contribution in [2.24, 2.45) is 10.9 Å². The van der Waals surface area contributed by atoms with Crippen molar-refractivity contribution in [1.29, 1.82) is 0 Å². The Kier molecular flexibility index (Phi) is 10.8. The molecule has 0 bridgehead atoms. The first-order chi connectivity index (χ1) is 14.6. The maximum atomic E-state index is 5.68. The first-order valence-electron chi connectivity index (χ1n) is 11.6. The van der Waals surface area contributed by atoms with Crippen LogP contribution in [0.25, 0.3) is 0 Å². The summed E-state index contributed by atoms with van der Waals surface area (Å²) < 4.78 is 11.1. The minimum absolute atomic E-state index is 0.629. The number of likely N-dealkylation sites (tertiary alicyclic amines) is 1. The summed E-state index contributed by atoms with van der Waals surface area (Å²) in [6.45, 7) is 14.4. The van der Waals surface area contributed by atoms with Crippen LogP contribution in [0.15, 0.2) is 23.2 Å². The highest BCUT2D eigenvalue weighted by atomic mass is 16.5. The van der Waals surface area contributed by atoms with E-state index < -0.39 is 0 Å². The van der Waals surface area contributed by atoms with E-state index in [1.54, 1.807) is 7.11 Å². The number of ether oxygens (including phenoxy) is 2. The Labute approximate surface area is 183 Å². The first kappa shape index (κ1) is 24.3. The zero-order valence-electron chi connectivity index (χ0n) is 19.7. The third-order valence-electron chi connectivity index (χ3n) is 5.60. The van der Waals surface area contributed by atoms with E-state index in [-0.39, 0.29) is 0 Å². The van der Waals surface area contributed by atoms with Gasteiger partial charge in [0.2, 0.25) is 0 Å².